The van der Waals surface area contributed by atoms with Crippen LogP contribution in [0.3, 0.4) is 0 Å². The monoisotopic (exact) mass is 470 g/mol. The number of hydrogen-bond donors (Lipinski definition) is 2. The van der Waals surface area contributed by atoms with Crippen LogP contribution in [0.15, 0.2) is 28.2 Å². The van der Waals surface area contributed by atoms with Gasteiger partial charge >= 0.3 is 0 Å². The van der Waals surface area contributed by atoms with E-state index in [2.05, 4.69) is 29.4 Å². The molecule has 4 rings (SSSR count). The van der Waals surface area contributed by atoms with Gasteiger partial charge in [-0.15, -0.1) is 10.2 Å². The molecule has 2 aromatic heterocycles. The molecule has 1 aliphatic rings. The lowest BCUT2D eigenvalue weighted by atomic mass is 9.95. The van der Waals surface area contributed by atoms with Gasteiger partial charge in [0.2, 0.25) is 11.7 Å². The third-order valence-corrected chi connectivity index (χ3v) is 7.00. The lowest BCUT2D eigenvalue weighted by molar-refractivity contribution is -0.115. The SMILES string of the molecule is CC(C)CCn1c(=O)c2ccc(C(=O)NC3CCCCC3)cc2n2c(SCC(N)=O)nnc12. The Bertz CT molecular complexity index is 1240. The summed E-state index contributed by atoms with van der Waals surface area (Å²) in [6.07, 6.45) is 6.25. The van der Waals surface area contributed by atoms with Crippen LogP contribution < -0.4 is 16.6 Å². The van der Waals surface area contributed by atoms with Gasteiger partial charge in [-0.3, -0.25) is 23.4 Å². The van der Waals surface area contributed by atoms with E-state index in [1.165, 1.54) is 6.42 Å². The number of thioether (sulfide) groups is 1. The van der Waals surface area contributed by atoms with Gasteiger partial charge in [-0.2, -0.15) is 0 Å². The number of aryl methyl sites for hydroxylation is 1. The summed E-state index contributed by atoms with van der Waals surface area (Å²) in [5, 5.41) is 12.5. The van der Waals surface area contributed by atoms with Crippen molar-refractivity contribution in [3.8, 4) is 0 Å². The van der Waals surface area contributed by atoms with Crippen molar-refractivity contribution in [3.63, 3.8) is 0 Å². The molecule has 0 radical (unpaired) electrons. The summed E-state index contributed by atoms with van der Waals surface area (Å²) < 4.78 is 3.37. The van der Waals surface area contributed by atoms with E-state index in [-0.39, 0.29) is 23.3 Å². The zero-order valence-electron chi connectivity index (χ0n) is 19.0. The van der Waals surface area contributed by atoms with E-state index < -0.39 is 5.91 Å². The lowest BCUT2D eigenvalue weighted by Gasteiger charge is -2.22. The zero-order chi connectivity index (χ0) is 23.5. The van der Waals surface area contributed by atoms with Crippen LogP contribution in [-0.4, -0.2) is 42.8 Å². The summed E-state index contributed by atoms with van der Waals surface area (Å²) in [6.45, 7) is 4.69. The highest BCUT2D eigenvalue weighted by atomic mass is 32.2. The van der Waals surface area contributed by atoms with Gasteiger partial charge < -0.3 is 11.1 Å². The summed E-state index contributed by atoms with van der Waals surface area (Å²) in [7, 11) is 0. The molecule has 0 aliphatic heterocycles. The standard InChI is InChI=1S/C23H30N6O3S/c1-14(2)10-11-28-21(32)17-9-8-15(20(31)25-16-6-4-3-5-7-16)12-18(17)29-22(28)26-27-23(29)33-13-19(24)30/h8-9,12,14,16H,3-7,10-11,13H2,1-2H3,(H2,24,30)(H,25,31). The fourth-order valence-corrected chi connectivity index (χ4v) is 4.94. The first kappa shape index (κ1) is 23.3. The minimum absolute atomic E-state index is 0.0370. The van der Waals surface area contributed by atoms with Crippen LogP contribution in [0.4, 0.5) is 0 Å². The number of rotatable bonds is 8. The first-order valence-electron chi connectivity index (χ1n) is 11.5. The van der Waals surface area contributed by atoms with Gasteiger partial charge in [0.15, 0.2) is 5.16 Å². The second kappa shape index (κ2) is 9.94. The topological polar surface area (TPSA) is 124 Å². The summed E-state index contributed by atoms with van der Waals surface area (Å²) in [6, 6.07) is 5.29. The van der Waals surface area contributed by atoms with E-state index in [9.17, 15) is 14.4 Å². The molecule has 2 heterocycles. The van der Waals surface area contributed by atoms with E-state index in [4.69, 9.17) is 5.73 Å². The van der Waals surface area contributed by atoms with Crippen molar-refractivity contribution in [1.29, 1.82) is 0 Å². The maximum absolute atomic E-state index is 13.3. The molecular weight excluding hydrogens is 440 g/mol. The highest BCUT2D eigenvalue weighted by Gasteiger charge is 2.21. The van der Waals surface area contributed by atoms with Gasteiger partial charge in [0.1, 0.15) is 0 Å². The van der Waals surface area contributed by atoms with Crippen molar-refractivity contribution in [1.82, 2.24) is 24.5 Å². The average molecular weight is 471 g/mol. The predicted molar refractivity (Wildman–Crippen MR) is 128 cm³/mol. The molecule has 10 heteroatoms. The third kappa shape index (κ3) is 5.05. The first-order valence-corrected chi connectivity index (χ1v) is 12.5. The molecule has 0 spiro atoms. The fourth-order valence-electron chi connectivity index (χ4n) is 4.26. The van der Waals surface area contributed by atoms with Crippen molar-refractivity contribution in [2.75, 3.05) is 5.75 Å². The number of hydrogen-bond acceptors (Lipinski definition) is 6. The number of carbonyl (C=O) groups is 2. The molecule has 1 saturated carbocycles. The number of nitrogens with zero attached hydrogens (tertiary/aromatic N) is 4. The number of fused-ring (bicyclic) bond motifs is 3. The Morgan fingerprint density at radius 3 is 2.67 bits per heavy atom. The van der Waals surface area contributed by atoms with Crippen LogP contribution in [0.25, 0.3) is 16.7 Å². The second-order valence-corrected chi connectivity index (χ2v) is 10.00. The second-order valence-electron chi connectivity index (χ2n) is 9.05. The lowest BCUT2D eigenvalue weighted by Crippen LogP contribution is -2.36. The van der Waals surface area contributed by atoms with E-state index in [0.717, 1.165) is 43.9 Å². The number of carbonyl (C=O) groups excluding carboxylic acids is 2. The molecular formula is C23H30N6O3S. The van der Waals surface area contributed by atoms with Gasteiger partial charge in [0.05, 0.1) is 16.7 Å². The van der Waals surface area contributed by atoms with Gasteiger partial charge in [-0.1, -0.05) is 44.9 Å². The van der Waals surface area contributed by atoms with E-state index in [0.29, 0.717) is 39.9 Å². The Kier molecular flexibility index (Phi) is 7.02. The van der Waals surface area contributed by atoms with Crippen LogP contribution in [-0.2, 0) is 11.3 Å². The quantitative estimate of drug-likeness (QED) is 0.488. The van der Waals surface area contributed by atoms with E-state index >= 15 is 0 Å². The molecule has 1 fully saturated rings. The zero-order valence-corrected chi connectivity index (χ0v) is 19.9. The fraction of sp³-hybridized carbons (Fsp3) is 0.522. The molecule has 0 unspecified atom stereocenters. The van der Waals surface area contributed by atoms with Gasteiger partial charge in [-0.25, -0.2) is 0 Å². The summed E-state index contributed by atoms with van der Waals surface area (Å²) in [4.78, 5) is 37.6. The van der Waals surface area contributed by atoms with Gasteiger partial charge in [-0.05, 0) is 43.4 Å². The molecule has 1 aromatic carbocycles. The number of nitrogens with one attached hydrogen (secondary N) is 1. The molecule has 3 aromatic rings. The summed E-state index contributed by atoms with van der Waals surface area (Å²) in [5.74, 6) is 0.215. The van der Waals surface area contributed by atoms with Crippen LogP contribution in [0.5, 0.6) is 0 Å². The Labute approximate surface area is 196 Å². The Morgan fingerprint density at radius 1 is 1.21 bits per heavy atom. The number of primary amides is 1. The van der Waals surface area contributed by atoms with Crippen molar-refractivity contribution < 1.29 is 9.59 Å². The van der Waals surface area contributed by atoms with Crippen LogP contribution >= 0.6 is 11.8 Å². The average Bonchev–Trinajstić information content (AvgIpc) is 3.21. The highest BCUT2D eigenvalue weighted by molar-refractivity contribution is 7.99. The van der Waals surface area contributed by atoms with Crippen LogP contribution in [0, 0.1) is 5.92 Å². The Morgan fingerprint density at radius 2 is 1.97 bits per heavy atom. The Balaban J connectivity index is 1.81. The van der Waals surface area contributed by atoms with E-state index in [1.54, 1.807) is 27.2 Å². The number of aromatic nitrogens is 4. The number of amides is 2. The normalized spacial score (nSPS) is 14.9. The van der Waals surface area contributed by atoms with Gasteiger partial charge in [0.25, 0.3) is 11.5 Å². The molecule has 0 bridgehead atoms. The van der Waals surface area contributed by atoms with Crippen molar-refractivity contribution >= 4 is 40.3 Å². The maximum Gasteiger partial charge on any atom is 0.262 e. The summed E-state index contributed by atoms with van der Waals surface area (Å²) >= 11 is 1.16. The molecule has 9 nitrogen and oxygen atoms in total. The highest BCUT2D eigenvalue weighted by Crippen LogP contribution is 2.23. The minimum Gasteiger partial charge on any atom is -0.369 e. The number of nitrogens with two attached hydrogens (primary N) is 1. The molecule has 0 atom stereocenters. The first-order chi connectivity index (χ1) is 15.8. The van der Waals surface area contributed by atoms with Crippen LogP contribution in [0.1, 0.15) is 62.7 Å². The molecule has 176 valence electrons. The molecule has 0 saturated heterocycles. The van der Waals surface area contributed by atoms with Crippen molar-refractivity contribution in [3.05, 3.63) is 34.1 Å². The predicted octanol–water partition coefficient (Wildman–Crippen LogP) is 2.73. The van der Waals surface area contributed by atoms with Crippen LogP contribution in [0.2, 0.25) is 0 Å². The molecule has 33 heavy (non-hydrogen) atoms. The maximum atomic E-state index is 13.3. The Hall–Kier alpha value is -2.88. The number of benzene rings is 1. The van der Waals surface area contributed by atoms with Crippen molar-refractivity contribution in [2.24, 2.45) is 11.7 Å². The molecule has 3 N–H and O–H groups in total. The van der Waals surface area contributed by atoms with E-state index in [1.807, 2.05) is 0 Å². The smallest absolute Gasteiger partial charge is 0.262 e. The molecule has 1 aliphatic carbocycles. The van der Waals surface area contributed by atoms with Gasteiger partial charge in [0, 0.05) is 18.2 Å². The van der Waals surface area contributed by atoms with Crippen molar-refractivity contribution in [2.45, 2.75) is 70.1 Å². The summed E-state index contributed by atoms with van der Waals surface area (Å²) in [5.41, 5.74) is 6.18. The largest absolute Gasteiger partial charge is 0.369 e. The minimum atomic E-state index is -0.471. The third-order valence-electron chi connectivity index (χ3n) is 6.05. The molecule has 2 amide bonds.